The SMILES string of the molecule is CC(C)c1cc(=O)[nH]c2cc(C(=O)NCc3cnc(C(F)(F)F)s3)ccc12. The number of nitrogens with one attached hydrogen (secondary N) is 2. The third-order valence-electron chi connectivity index (χ3n) is 3.98. The maximum Gasteiger partial charge on any atom is 0.443 e. The van der Waals surface area contributed by atoms with Crippen LogP contribution in [0.15, 0.2) is 35.3 Å². The van der Waals surface area contributed by atoms with Gasteiger partial charge < -0.3 is 10.3 Å². The summed E-state index contributed by atoms with van der Waals surface area (Å²) < 4.78 is 37.7. The Bertz CT molecular complexity index is 1050. The number of carbonyl (C=O) groups excluding carboxylic acids is 1. The molecule has 9 heteroatoms. The van der Waals surface area contributed by atoms with E-state index in [1.807, 2.05) is 13.8 Å². The van der Waals surface area contributed by atoms with Crippen LogP contribution in [0.3, 0.4) is 0 Å². The predicted octanol–water partition coefficient (Wildman–Crippen LogP) is 4.06. The Morgan fingerprint density at radius 1 is 1.30 bits per heavy atom. The molecule has 0 radical (unpaired) electrons. The van der Waals surface area contributed by atoms with E-state index in [0.29, 0.717) is 27.3 Å². The summed E-state index contributed by atoms with van der Waals surface area (Å²) in [5.74, 6) is -0.307. The number of halogens is 3. The lowest BCUT2D eigenvalue weighted by atomic mass is 9.98. The summed E-state index contributed by atoms with van der Waals surface area (Å²) in [5, 5.41) is 2.47. The van der Waals surface area contributed by atoms with Gasteiger partial charge in [-0.05, 0) is 23.6 Å². The van der Waals surface area contributed by atoms with Crippen LogP contribution >= 0.6 is 11.3 Å². The molecule has 3 aromatic rings. The van der Waals surface area contributed by atoms with Crippen LogP contribution in [0, 0.1) is 0 Å². The van der Waals surface area contributed by atoms with Crippen molar-refractivity contribution in [2.24, 2.45) is 0 Å². The molecule has 1 amide bonds. The van der Waals surface area contributed by atoms with E-state index in [4.69, 9.17) is 0 Å². The Balaban J connectivity index is 1.80. The van der Waals surface area contributed by atoms with E-state index in [0.717, 1.165) is 17.1 Å². The molecule has 1 aromatic carbocycles. The van der Waals surface area contributed by atoms with Gasteiger partial charge in [0.2, 0.25) is 5.56 Å². The summed E-state index contributed by atoms with van der Waals surface area (Å²) in [6.07, 6.45) is -3.40. The van der Waals surface area contributed by atoms with Crippen molar-refractivity contribution in [1.29, 1.82) is 0 Å². The second-order valence-corrected chi connectivity index (χ2v) is 7.43. The molecule has 3 rings (SSSR count). The number of carbonyl (C=O) groups is 1. The second-order valence-electron chi connectivity index (χ2n) is 6.32. The summed E-state index contributed by atoms with van der Waals surface area (Å²) in [5.41, 5.74) is 1.47. The first-order valence-corrected chi connectivity index (χ1v) is 8.94. The summed E-state index contributed by atoms with van der Waals surface area (Å²) in [7, 11) is 0. The first-order chi connectivity index (χ1) is 12.6. The van der Waals surface area contributed by atoms with Gasteiger partial charge in [0, 0.05) is 33.6 Å². The van der Waals surface area contributed by atoms with Crippen LogP contribution in [-0.4, -0.2) is 15.9 Å². The highest BCUT2D eigenvalue weighted by molar-refractivity contribution is 7.11. The van der Waals surface area contributed by atoms with Crippen LogP contribution in [0.5, 0.6) is 0 Å². The maximum atomic E-state index is 12.6. The van der Waals surface area contributed by atoms with Gasteiger partial charge in [-0.15, -0.1) is 11.3 Å². The van der Waals surface area contributed by atoms with E-state index < -0.39 is 17.1 Å². The molecule has 142 valence electrons. The Morgan fingerprint density at radius 3 is 2.67 bits per heavy atom. The highest BCUT2D eigenvalue weighted by Gasteiger charge is 2.34. The van der Waals surface area contributed by atoms with Crippen molar-refractivity contribution in [2.75, 3.05) is 0 Å². The molecule has 0 atom stereocenters. The van der Waals surface area contributed by atoms with Gasteiger partial charge in [-0.25, -0.2) is 4.98 Å². The molecule has 0 unspecified atom stereocenters. The number of amides is 1. The zero-order valence-corrected chi connectivity index (χ0v) is 15.3. The molecule has 27 heavy (non-hydrogen) atoms. The topological polar surface area (TPSA) is 74.8 Å². The monoisotopic (exact) mass is 395 g/mol. The van der Waals surface area contributed by atoms with Gasteiger partial charge in [0.05, 0.1) is 6.54 Å². The van der Waals surface area contributed by atoms with E-state index in [9.17, 15) is 22.8 Å². The molecule has 0 aliphatic heterocycles. The molecule has 0 bridgehead atoms. The van der Waals surface area contributed by atoms with E-state index in [-0.39, 0.29) is 18.0 Å². The highest BCUT2D eigenvalue weighted by atomic mass is 32.1. The van der Waals surface area contributed by atoms with Crippen LogP contribution in [0.2, 0.25) is 0 Å². The van der Waals surface area contributed by atoms with E-state index in [2.05, 4.69) is 15.3 Å². The summed E-state index contributed by atoms with van der Waals surface area (Å²) in [4.78, 5) is 30.5. The zero-order valence-electron chi connectivity index (χ0n) is 14.5. The minimum Gasteiger partial charge on any atom is -0.347 e. The van der Waals surface area contributed by atoms with Gasteiger partial charge >= 0.3 is 6.18 Å². The molecule has 0 spiro atoms. The van der Waals surface area contributed by atoms with Crippen molar-refractivity contribution in [1.82, 2.24) is 15.3 Å². The summed E-state index contributed by atoms with van der Waals surface area (Å²) in [6.45, 7) is 3.88. The summed E-state index contributed by atoms with van der Waals surface area (Å²) >= 11 is 0.488. The third kappa shape index (κ3) is 4.19. The fraction of sp³-hybridized carbons (Fsp3) is 0.278. The minimum absolute atomic E-state index is 0.0623. The van der Waals surface area contributed by atoms with Crippen molar-refractivity contribution < 1.29 is 18.0 Å². The molecule has 2 aromatic heterocycles. The Morgan fingerprint density at radius 2 is 2.04 bits per heavy atom. The molecule has 0 aliphatic carbocycles. The quantitative estimate of drug-likeness (QED) is 0.700. The number of benzene rings is 1. The van der Waals surface area contributed by atoms with Crippen LogP contribution < -0.4 is 10.9 Å². The number of aromatic amines is 1. The Kier molecular flexibility index (Phi) is 5.05. The average Bonchev–Trinajstić information content (AvgIpc) is 3.07. The lowest BCUT2D eigenvalue weighted by Gasteiger charge is -2.11. The minimum atomic E-state index is -4.49. The number of pyridine rings is 1. The van der Waals surface area contributed by atoms with Gasteiger partial charge in [-0.2, -0.15) is 13.2 Å². The first-order valence-electron chi connectivity index (χ1n) is 8.12. The van der Waals surface area contributed by atoms with Gasteiger partial charge in [-0.1, -0.05) is 19.9 Å². The number of nitrogens with zero attached hydrogens (tertiary/aromatic N) is 1. The molecule has 5 nitrogen and oxygen atoms in total. The standard InChI is InChI=1S/C18H16F3N3O2S/c1-9(2)13-6-15(25)24-14-5-10(3-4-12(13)14)16(26)22-7-11-8-23-17(27-11)18(19,20)21/h3-6,8-9H,7H2,1-2H3,(H,22,26)(H,24,25). The van der Waals surface area contributed by atoms with Gasteiger partial charge in [0.25, 0.3) is 5.91 Å². The second kappa shape index (κ2) is 7.15. The number of thiazole rings is 1. The normalized spacial score (nSPS) is 11.9. The van der Waals surface area contributed by atoms with Gasteiger partial charge in [0.1, 0.15) is 0 Å². The molecular formula is C18H16F3N3O2S. The van der Waals surface area contributed by atoms with Crippen LogP contribution in [0.1, 0.15) is 45.6 Å². The number of rotatable bonds is 4. The fourth-order valence-corrected chi connectivity index (χ4v) is 3.42. The van der Waals surface area contributed by atoms with Crippen molar-refractivity contribution in [2.45, 2.75) is 32.5 Å². The molecule has 2 N–H and O–H groups in total. The molecule has 0 saturated carbocycles. The van der Waals surface area contributed by atoms with E-state index in [1.165, 1.54) is 6.07 Å². The van der Waals surface area contributed by atoms with Gasteiger partial charge in [0.15, 0.2) is 5.01 Å². The van der Waals surface area contributed by atoms with E-state index in [1.54, 1.807) is 18.2 Å². The zero-order chi connectivity index (χ0) is 19.8. The number of hydrogen-bond donors (Lipinski definition) is 2. The lowest BCUT2D eigenvalue weighted by molar-refractivity contribution is -0.137. The largest absolute Gasteiger partial charge is 0.443 e. The van der Waals surface area contributed by atoms with Crippen molar-refractivity contribution in [3.05, 3.63) is 61.8 Å². The number of H-pyrrole nitrogens is 1. The van der Waals surface area contributed by atoms with Crippen molar-refractivity contribution in [3.8, 4) is 0 Å². The fourth-order valence-electron chi connectivity index (χ4n) is 2.70. The highest BCUT2D eigenvalue weighted by Crippen LogP contribution is 2.32. The maximum absolute atomic E-state index is 12.6. The number of alkyl halides is 3. The molecule has 2 heterocycles. The molecule has 0 fully saturated rings. The summed E-state index contributed by atoms with van der Waals surface area (Å²) in [6, 6.07) is 6.47. The van der Waals surface area contributed by atoms with Crippen molar-refractivity contribution in [3.63, 3.8) is 0 Å². The van der Waals surface area contributed by atoms with Crippen molar-refractivity contribution >= 4 is 28.1 Å². The third-order valence-corrected chi connectivity index (χ3v) is 5.02. The number of fused-ring (bicyclic) bond motifs is 1. The Hall–Kier alpha value is -2.68. The lowest BCUT2D eigenvalue weighted by Crippen LogP contribution is -2.22. The first kappa shape index (κ1) is 19.1. The molecule has 0 saturated heterocycles. The predicted molar refractivity (Wildman–Crippen MR) is 96.9 cm³/mol. The number of aromatic nitrogens is 2. The number of hydrogen-bond acceptors (Lipinski definition) is 4. The molecular weight excluding hydrogens is 379 g/mol. The average molecular weight is 395 g/mol. The van der Waals surface area contributed by atoms with Crippen LogP contribution in [0.4, 0.5) is 13.2 Å². The van der Waals surface area contributed by atoms with Crippen LogP contribution in [-0.2, 0) is 12.7 Å². The molecule has 0 aliphatic rings. The van der Waals surface area contributed by atoms with Gasteiger partial charge in [-0.3, -0.25) is 9.59 Å². The van der Waals surface area contributed by atoms with Crippen LogP contribution in [0.25, 0.3) is 10.9 Å². The Labute approximate surface area is 156 Å². The van der Waals surface area contributed by atoms with E-state index >= 15 is 0 Å². The smallest absolute Gasteiger partial charge is 0.347 e.